The number of amides is 2. The van der Waals surface area contributed by atoms with Crippen molar-refractivity contribution in [3.05, 3.63) is 60.2 Å². The Kier molecular flexibility index (Phi) is 10.1. The maximum atomic E-state index is 13.4. The Morgan fingerprint density at radius 1 is 0.838 bits per heavy atom. The van der Waals surface area contributed by atoms with Gasteiger partial charge >= 0.3 is 6.09 Å². The Hall–Kier alpha value is -2.95. The summed E-state index contributed by atoms with van der Waals surface area (Å²) in [5.74, 6) is 0.344. The highest BCUT2D eigenvalue weighted by Crippen LogP contribution is 2.25. The molecule has 0 aliphatic carbocycles. The Labute approximate surface area is 220 Å². The highest BCUT2D eigenvalue weighted by atomic mass is 32.2. The van der Waals surface area contributed by atoms with Gasteiger partial charge in [-0.25, -0.2) is 13.2 Å². The van der Waals surface area contributed by atoms with Crippen LogP contribution in [0.25, 0.3) is 0 Å². The number of carbonyl (C=O) groups is 2. The molecule has 1 heterocycles. The van der Waals surface area contributed by atoms with Crippen molar-refractivity contribution in [2.24, 2.45) is 0 Å². The van der Waals surface area contributed by atoms with Crippen LogP contribution in [-0.2, 0) is 14.8 Å². The standard InChI is InChI=1S/C27H38N4O5S/c1-5-28(6-2)26(32)25(22-12-10-9-11-13-22)29-18-20-30(21-19-29)27(33)36-23-14-16-24(17-15-23)37(34,35)31(7-3)8-4/h9-17,25H,5-8,18-21H2,1-4H3. The number of nitrogens with zero attached hydrogens (tertiary/aromatic N) is 4. The Morgan fingerprint density at radius 3 is 1.92 bits per heavy atom. The van der Waals surface area contributed by atoms with Crippen LogP contribution in [0, 0.1) is 0 Å². The van der Waals surface area contributed by atoms with Gasteiger partial charge in [-0.05, 0) is 43.7 Å². The SMILES string of the molecule is CCN(CC)C(=O)C(c1ccccc1)N1CCN(C(=O)Oc2ccc(S(=O)(=O)N(CC)CC)cc2)CC1. The Morgan fingerprint density at radius 2 is 1.41 bits per heavy atom. The number of hydrogen-bond acceptors (Lipinski definition) is 6. The normalized spacial score (nSPS) is 15.4. The predicted octanol–water partition coefficient (Wildman–Crippen LogP) is 3.44. The lowest BCUT2D eigenvalue weighted by atomic mass is 10.0. The van der Waals surface area contributed by atoms with Crippen LogP contribution in [0.4, 0.5) is 4.79 Å². The van der Waals surface area contributed by atoms with Gasteiger partial charge in [0.25, 0.3) is 0 Å². The molecule has 9 nitrogen and oxygen atoms in total. The van der Waals surface area contributed by atoms with E-state index >= 15 is 0 Å². The molecule has 10 heteroatoms. The molecule has 0 N–H and O–H groups in total. The maximum Gasteiger partial charge on any atom is 0.415 e. The molecule has 1 saturated heterocycles. The first-order valence-electron chi connectivity index (χ1n) is 12.9. The number of ether oxygens (including phenoxy) is 1. The highest BCUT2D eigenvalue weighted by Gasteiger charge is 2.34. The van der Waals surface area contributed by atoms with Gasteiger partial charge in [0.1, 0.15) is 11.8 Å². The van der Waals surface area contributed by atoms with Crippen LogP contribution >= 0.6 is 0 Å². The number of piperazine rings is 1. The van der Waals surface area contributed by atoms with Gasteiger partial charge in [-0.2, -0.15) is 4.31 Å². The molecule has 1 aliphatic heterocycles. The minimum absolute atomic E-state index is 0.0620. The summed E-state index contributed by atoms with van der Waals surface area (Å²) in [4.78, 5) is 31.9. The number of benzene rings is 2. The second-order valence-corrected chi connectivity index (χ2v) is 10.7. The van der Waals surface area contributed by atoms with E-state index in [0.29, 0.717) is 52.4 Å². The van der Waals surface area contributed by atoms with Crippen molar-refractivity contribution in [3.63, 3.8) is 0 Å². The van der Waals surface area contributed by atoms with Crippen molar-refractivity contribution < 1.29 is 22.7 Å². The zero-order valence-corrected chi connectivity index (χ0v) is 23.0. The largest absolute Gasteiger partial charge is 0.415 e. The lowest BCUT2D eigenvalue weighted by Crippen LogP contribution is -2.53. The van der Waals surface area contributed by atoms with E-state index in [2.05, 4.69) is 4.90 Å². The van der Waals surface area contributed by atoms with Gasteiger partial charge < -0.3 is 14.5 Å². The zero-order chi connectivity index (χ0) is 27.0. The third-order valence-corrected chi connectivity index (χ3v) is 8.80. The third kappa shape index (κ3) is 6.68. The molecule has 1 fully saturated rings. The van der Waals surface area contributed by atoms with E-state index in [4.69, 9.17) is 4.74 Å². The van der Waals surface area contributed by atoms with Crippen molar-refractivity contribution in [1.29, 1.82) is 0 Å². The van der Waals surface area contributed by atoms with E-state index in [-0.39, 0.29) is 16.6 Å². The summed E-state index contributed by atoms with van der Waals surface area (Å²) < 4.78 is 32.2. The van der Waals surface area contributed by atoms with Crippen molar-refractivity contribution in [3.8, 4) is 5.75 Å². The summed E-state index contributed by atoms with van der Waals surface area (Å²) >= 11 is 0. The Balaban J connectivity index is 1.65. The summed E-state index contributed by atoms with van der Waals surface area (Å²) in [6.07, 6.45) is -0.495. The van der Waals surface area contributed by atoms with Gasteiger partial charge in [-0.3, -0.25) is 9.69 Å². The summed E-state index contributed by atoms with van der Waals surface area (Å²) in [6, 6.07) is 15.2. The molecule has 37 heavy (non-hydrogen) atoms. The second kappa shape index (κ2) is 13.0. The first-order chi connectivity index (χ1) is 17.8. The number of sulfonamides is 1. The number of rotatable bonds is 10. The number of carbonyl (C=O) groups excluding carboxylic acids is 2. The van der Waals surface area contributed by atoms with Crippen molar-refractivity contribution in [2.45, 2.75) is 38.6 Å². The molecule has 2 aromatic carbocycles. The minimum Gasteiger partial charge on any atom is -0.410 e. The summed E-state index contributed by atoms with van der Waals surface area (Å²) in [5.41, 5.74) is 0.940. The highest BCUT2D eigenvalue weighted by molar-refractivity contribution is 7.89. The fourth-order valence-corrected chi connectivity index (χ4v) is 6.03. The van der Waals surface area contributed by atoms with E-state index in [9.17, 15) is 18.0 Å². The maximum absolute atomic E-state index is 13.4. The second-order valence-electron chi connectivity index (χ2n) is 8.78. The van der Waals surface area contributed by atoms with Crippen LogP contribution in [0.15, 0.2) is 59.5 Å². The molecular weight excluding hydrogens is 492 g/mol. The van der Waals surface area contributed by atoms with Gasteiger partial charge in [0.2, 0.25) is 15.9 Å². The summed E-state index contributed by atoms with van der Waals surface area (Å²) in [7, 11) is -3.58. The van der Waals surface area contributed by atoms with Crippen LogP contribution in [0.5, 0.6) is 5.75 Å². The molecule has 0 saturated carbocycles. The molecule has 3 rings (SSSR count). The number of likely N-dealkylation sites (N-methyl/N-ethyl adjacent to an activating group) is 1. The van der Waals surface area contributed by atoms with E-state index < -0.39 is 22.2 Å². The fraction of sp³-hybridized carbons (Fsp3) is 0.481. The van der Waals surface area contributed by atoms with E-state index in [0.717, 1.165) is 5.56 Å². The van der Waals surface area contributed by atoms with Gasteiger partial charge in [0, 0.05) is 52.4 Å². The topological polar surface area (TPSA) is 90.5 Å². The van der Waals surface area contributed by atoms with Crippen LogP contribution < -0.4 is 4.74 Å². The molecule has 0 spiro atoms. The quantitative estimate of drug-likeness (QED) is 0.468. The zero-order valence-electron chi connectivity index (χ0n) is 22.2. The molecule has 1 aliphatic rings. The van der Waals surface area contributed by atoms with Crippen LogP contribution in [-0.4, -0.2) is 91.8 Å². The van der Waals surface area contributed by atoms with Crippen LogP contribution in [0.1, 0.15) is 39.3 Å². The van der Waals surface area contributed by atoms with E-state index in [1.54, 1.807) is 18.7 Å². The average molecular weight is 531 g/mol. The first kappa shape index (κ1) is 28.6. The molecule has 2 aromatic rings. The monoisotopic (exact) mass is 530 g/mol. The molecule has 202 valence electrons. The van der Waals surface area contributed by atoms with Crippen molar-refractivity contribution >= 4 is 22.0 Å². The first-order valence-corrected chi connectivity index (χ1v) is 14.3. The molecular formula is C27H38N4O5S. The van der Waals surface area contributed by atoms with Crippen molar-refractivity contribution in [2.75, 3.05) is 52.4 Å². The number of hydrogen-bond donors (Lipinski definition) is 0. The average Bonchev–Trinajstić information content (AvgIpc) is 2.91. The lowest BCUT2D eigenvalue weighted by molar-refractivity contribution is -0.137. The molecule has 0 aromatic heterocycles. The third-order valence-electron chi connectivity index (χ3n) is 6.73. The molecule has 2 amide bonds. The van der Waals surface area contributed by atoms with Gasteiger partial charge in [-0.1, -0.05) is 44.2 Å². The van der Waals surface area contributed by atoms with Gasteiger partial charge in [-0.15, -0.1) is 0 Å². The molecule has 0 bridgehead atoms. The van der Waals surface area contributed by atoms with Crippen LogP contribution in [0.3, 0.4) is 0 Å². The van der Waals surface area contributed by atoms with Gasteiger partial charge in [0.15, 0.2) is 0 Å². The molecule has 0 radical (unpaired) electrons. The summed E-state index contributed by atoms with van der Waals surface area (Å²) in [6.45, 7) is 11.5. The lowest BCUT2D eigenvalue weighted by Gasteiger charge is -2.39. The van der Waals surface area contributed by atoms with Crippen LogP contribution in [0.2, 0.25) is 0 Å². The summed E-state index contributed by atoms with van der Waals surface area (Å²) in [5, 5.41) is 0. The minimum atomic E-state index is -3.58. The van der Waals surface area contributed by atoms with Gasteiger partial charge in [0.05, 0.1) is 4.90 Å². The smallest absolute Gasteiger partial charge is 0.410 e. The van der Waals surface area contributed by atoms with Crippen molar-refractivity contribution in [1.82, 2.24) is 19.0 Å². The predicted molar refractivity (Wildman–Crippen MR) is 143 cm³/mol. The fourth-order valence-electron chi connectivity index (χ4n) is 4.57. The Bertz CT molecular complexity index is 1130. The van der Waals surface area contributed by atoms with E-state index in [1.807, 2.05) is 49.1 Å². The molecule has 1 atom stereocenters. The molecule has 1 unspecified atom stereocenters. The van der Waals surface area contributed by atoms with E-state index in [1.165, 1.54) is 28.6 Å².